The Balaban J connectivity index is 0.000000642. The van der Waals surface area contributed by atoms with Gasteiger partial charge in [-0.2, -0.15) is 0 Å². The molecule has 5 amide bonds. The Bertz CT molecular complexity index is 2180. The van der Waals surface area contributed by atoms with Crippen LogP contribution in [-0.2, 0) is 77.1 Å². The molecule has 0 unspecified atom stereocenters. The second-order valence-corrected chi connectivity index (χ2v) is 17.3. The van der Waals surface area contributed by atoms with Crippen LogP contribution in [0.5, 0.6) is 0 Å². The fourth-order valence-electron chi connectivity index (χ4n) is 6.03. The van der Waals surface area contributed by atoms with Crippen LogP contribution < -0.4 is 32.3 Å². The van der Waals surface area contributed by atoms with Gasteiger partial charge in [0.1, 0.15) is 43.0 Å². The zero-order chi connectivity index (χ0) is 56.2. The first kappa shape index (κ1) is 62.4. The van der Waals surface area contributed by atoms with Crippen LogP contribution in [-0.4, -0.2) is 110 Å². The van der Waals surface area contributed by atoms with E-state index in [2.05, 4.69) is 31.3 Å². The number of nitrogens with one attached hydrogen (secondary N) is 5. The lowest BCUT2D eigenvalue weighted by Crippen LogP contribution is -2.54. The third-order valence-electron chi connectivity index (χ3n) is 9.71. The topological polar surface area (TPSA) is 303 Å². The number of ketones is 2. The van der Waals surface area contributed by atoms with E-state index >= 15 is 0 Å². The van der Waals surface area contributed by atoms with Crippen molar-refractivity contribution in [3.05, 3.63) is 108 Å². The number of nitrogens with two attached hydrogens (primary N) is 1. The van der Waals surface area contributed by atoms with E-state index in [0.29, 0.717) is 32.2 Å². The summed E-state index contributed by atoms with van der Waals surface area (Å²) in [5, 5.41) is 12.3. The van der Waals surface area contributed by atoms with E-state index in [1.165, 1.54) is 13.8 Å². The minimum Gasteiger partial charge on any atom is -0.460 e. The van der Waals surface area contributed by atoms with Gasteiger partial charge in [0, 0.05) is 32.4 Å². The summed E-state index contributed by atoms with van der Waals surface area (Å²) in [5.74, 6) is -4.09. The molecule has 0 saturated carbocycles. The van der Waals surface area contributed by atoms with Gasteiger partial charge in [-0.05, 0) is 77.1 Å². The Labute approximate surface area is 432 Å². The van der Waals surface area contributed by atoms with Crippen LogP contribution in [0.2, 0.25) is 0 Å². The molecule has 3 aromatic carbocycles. The summed E-state index contributed by atoms with van der Waals surface area (Å²) in [4.78, 5) is 119. The van der Waals surface area contributed by atoms with Crippen LogP contribution in [0.25, 0.3) is 0 Å². The van der Waals surface area contributed by atoms with Gasteiger partial charge in [-0.25, -0.2) is 24.0 Å². The molecule has 0 aliphatic carbocycles. The average molecular weight is 1040 g/mol. The summed E-state index contributed by atoms with van der Waals surface area (Å²) in [6.07, 6.45) is 0.00377. The van der Waals surface area contributed by atoms with Gasteiger partial charge in [0.25, 0.3) is 0 Å². The molecule has 7 N–H and O–H groups in total. The minimum atomic E-state index is -1.42. The Kier molecular flexibility index (Phi) is 30.5. The van der Waals surface area contributed by atoms with Crippen LogP contribution in [0.3, 0.4) is 0 Å². The predicted octanol–water partition coefficient (Wildman–Crippen LogP) is 5.20. The van der Waals surface area contributed by atoms with Gasteiger partial charge in [-0.1, -0.05) is 97.9 Å². The molecule has 4 atom stereocenters. The highest BCUT2D eigenvalue weighted by Crippen LogP contribution is 2.13. The van der Waals surface area contributed by atoms with Crippen LogP contribution in [0.4, 0.5) is 18.8 Å². The molecule has 74 heavy (non-hydrogen) atoms. The lowest BCUT2D eigenvalue weighted by molar-refractivity contribution is -0.155. The maximum atomic E-state index is 12.8. The van der Waals surface area contributed by atoms with E-state index < -0.39 is 78.8 Å². The minimum absolute atomic E-state index is 0.00235. The van der Waals surface area contributed by atoms with Crippen molar-refractivity contribution in [2.75, 3.05) is 26.8 Å². The van der Waals surface area contributed by atoms with Gasteiger partial charge in [0.15, 0.2) is 12.1 Å². The standard InChI is InChI=1S/C26H39N3O7.C20H18N2O7.C5H11NO.CH3F/c1-18(30)11-9-15-28-24(33)22(29-25(34)35-17-20-12-7-6-8-13-20)19(2)23(32)27-16-10-14-21(31)36-26(3,4)5;23-17-15(21-19(25)27-11-13-7-3-1-4-8-13)16(18(24)29-17)22-20(26)28-12-14-9-5-2-6-10-14;1-5(7)3-2-4-6;1-2/h6-8,12-13,19,22H,9-11,14-17H2,1-5H3,(H,27,32)(H,28,33)(H,29,34);1-10,15-16H,11-12H2,(H,21,25)(H,22,26);2-4,6H2,1H3;1H3/t19-,22+;15-,16+;;/m0.../s1/i;;;1D. The number of hydrogen-bond acceptors (Lipinski definition) is 16. The van der Waals surface area contributed by atoms with Crippen LogP contribution >= 0.6 is 0 Å². The Morgan fingerprint density at radius 3 is 1.39 bits per heavy atom. The lowest BCUT2D eigenvalue weighted by atomic mass is 10.00. The molecule has 21 nitrogen and oxygen atoms in total. The second-order valence-electron chi connectivity index (χ2n) is 17.3. The van der Waals surface area contributed by atoms with E-state index in [1.807, 2.05) is 30.3 Å². The highest BCUT2D eigenvalue weighted by Gasteiger charge is 2.47. The van der Waals surface area contributed by atoms with E-state index in [0.717, 1.165) is 23.1 Å². The molecular weight excluding hydrogens is 968 g/mol. The Hall–Kier alpha value is -7.75. The van der Waals surface area contributed by atoms with Gasteiger partial charge in [0.05, 0.1) is 14.4 Å². The zero-order valence-electron chi connectivity index (χ0n) is 43.7. The Morgan fingerprint density at radius 1 is 0.635 bits per heavy atom. The molecule has 0 radical (unpaired) electrons. The van der Waals surface area contributed by atoms with Gasteiger partial charge in [-0.15, -0.1) is 0 Å². The summed E-state index contributed by atoms with van der Waals surface area (Å²) >= 11 is 0. The number of carbonyl (C=O) groups is 10. The van der Waals surface area contributed by atoms with Gasteiger partial charge in [-0.3, -0.25) is 18.8 Å². The predicted molar refractivity (Wildman–Crippen MR) is 268 cm³/mol. The van der Waals surface area contributed by atoms with Gasteiger partial charge in [0.2, 0.25) is 11.8 Å². The van der Waals surface area contributed by atoms with Crippen molar-refractivity contribution < 1.29 is 77.4 Å². The molecule has 4 rings (SSSR count). The number of carbonyl (C=O) groups excluding carboxylic acids is 10. The first-order valence-corrected chi connectivity index (χ1v) is 23.6. The van der Waals surface area contributed by atoms with Crippen molar-refractivity contribution in [2.45, 2.75) is 124 Å². The number of rotatable bonds is 23. The second kappa shape index (κ2) is 36.2. The number of benzene rings is 3. The number of halogens is 1. The number of Topliss-reactive ketones (excluding diaryl/α,β-unsaturated/α-hetero) is 2. The molecule has 1 saturated heterocycles. The quantitative estimate of drug-likeness (QED) is 0.0308. The summed E-state index contributed by atoms with van der Waals surface area (Å²) < 4.78 is 40.5. The first-order chi connectivity index (χ1) is 35.6. The number of hydrogen-bond donors (Lipinski definition) is 6. The first-order valence-electron chi connectivity index (χ1n) is 24.3. The van der Waals surface area contributed by atoms with Crippen molar-refractivity contribution >= 4 is 59.6 Å². The lowest BCUT2D eigenvalue weighted by Gasteiger charge is -2.24. The summed E-state index contributed by atoms with van der Waals surface area (Å²) in [5.41, 5.74) is 6.80. The Morgan fingerprint density at radius 2 is 1.01 bits per heavy atom. The molecule has 3 aromatic rings. The van der Waals surface area contributed by atoms with Crippen molar-refractivity contribution in [1.29, 1.82) is 0 Å². The molecule has 0 aromatic heterocycles. The highest BCUT2D eigenvalue weighted by molar-refractivity contribution is 6.03. The van der Waals surface area contributed by atoms with Crippen molar-refractivity contribution in [1.82, 2.24) is 26.6 Å². The third kappa shape index (κ3) is 28.9. The van der Waals surface area contributed by atoms with E-state index in [-0.39, 0.29) is 56.9 Å². The molecule has 1 fully saturated rings. The molecule has 0 spiro atoms. The van der Waals surface area contributed by atoms with Crippen LogP contribution in [0.15, 0.2) is 91.0 Å². The molecule has 1 aliphatic rings. The fraction of sp³-hybridized carbons (Fsp3) is 0.462. The number of ether oxygens (including phenoxy) is 5. The number of esters is 3. The smallest absolute Gasteiger partial charge is 0.408 e. The average Bonchev–Trinajstić information content (AvgIpc) is 3.62. The van der Waals surface area contributed by atoms with Gasteiger partial charge >= 0.3 is 36.2 Å². The number of amides is 5. The fourth-order valence-corrected chi connectivity index (χ4v) is 6.03. The summed E-state index contributed by atoms with van der Waals surface area (Å²) in [6, 6.07) is 22.8. The molecule has 1 aliphatic heterocycles. The normalized spacial score (nSPS) is 14.2. The summed E-state index contributed by atoms with van der Waals surface area (Å²) in [7, 11) is -1.00. The van der Waals surface area contributed by atoms with Crippen LogP contribution in [0.1, 0.15) is 98.1 Å². The van der Waals surface area contributed by atoms with Crippen molar-refractivity contribution in [3.8, 4) is 0 Å². The van der Waals surface area contributed by atoms with Gasteiger partial charge < -0.3 is 65.6 Å². The largest absolute Gasteiger partial charge is 0.460 e. The molecule has 0 bridgehead atoms. The van der Waals surface area contributed by atoms with E-state index in [4.69, 9.17) is 26.1 Å². The van der Waals surface area contributed by atoms with Crippen molar-refractivity contribution in [3.63, 3.8) is 0 Å². The molecule has 1 heterocycles. The summed E-state index contributed by atoms with van der Waals surface area (Å²) in [6.45, 7) is 10.9. The van der Waals surface area contributed by atoms with Crippen molar-refractivity contribution in [2.24, 2.45) is 11.7 Å². The maximum absolute atomic E-state index is 12.8. The van der Waals surface area contributed by atoms with Crippen LogP contribution in [0, 0.1) is 5.92 Å². The third-order valence-corrected chi connectivity index (χ3v) is 9.71. The monoisotopic (exact) mass is 1040 g/mol. The van der Waals surface area contributed by atoms with E-state index in [9.17, 15) is 52.3 Å². The number of alkyl carbamates (subject to hydrolysis) is 3. The maximum Gasteiger partial charge on any atom is 0.408 e. The number of alkyl halides is 1. The molecule has 406 valence electrons. The zero-order valence-corrected chi connectivity index (χ0v) is 42.7. The number of cyclic esters (lactones) is 2. The SMILES string of the molecule is CC(=O)CCCN.CC(=O)CCCNC(=O)[C@H](NC(=O)OCc1ccccc1)[C@H](C)C(=O)NCCCC(=O)OC(C)(C)C.O=C(N[C@@H]1C(=O)OC(=O)[C@@H]1NC(=O)OCc1ccccc1)OCc1ccccc1.[2H]CF. The molecule has 22 heteroatoms. The highest BCUT2D eigenvalue weighted by atomic mass is 19.1. The van der Waals surface area contributed by atoms with E-state index in [1.54, 1.807) is 88.4 Å². The molecular formula is C52H71FN6O15.